The van der Waals surface area contributed by atoms with Crippen LogP contribution in [-0.2, 0) is 6.42 Å². The third-order valence-corrected chi connectivity index (χ3v) is 2.35. The molecule has 94 valence electrons. The Bertz CT molecular complexity index is 533. The average molecular weight is 246 g/mol. The number of nitrogens with two attached hydrogens (primary N) is 1. The van der Waals surface area contributed by atoms with Crippen LogP contribution in [0.2, 0.25) is 0 Å². The van der Waals surface area contributed by atoms with Crippen molar-refractivity contribution >= 4 is 6.03 Å². The van der Waals surface area contributed by atoms with Gasteiger partial charge in [-0.2, -0.15) is 9.78 Å². The van der Waals surface area contributed by atoms with Gasteiger partial charge < -0.3 is 10.5 Å². The highest BCUT2D eigenvalue weighted by molar-refractivity contribution is 5.73. The largest absolute Gasteiger partial charge is 0.478 e. The molecule has 2 aromatic rings. The summed E-state index contributed by atoms with van der Waals surface area (Å²) in [4.78, 5) is 15.0. The molecule has 1 amide bonds. The van der Waals surface area contributed by atoms with Crippen LogP contribution in [0, 0.1) is 0 Å². The molecule has 0 atom stereocenters. The Hall–Kier alpha value is -2.37. The maximum absolute atomic E-state index is 10.9. The Morgan fingerprint density at radius 3 is 2.83 bits per heavy atom. The van der Waals surface area contributed by atoms with Crippen molar-refractivity contribution in [1.29, 1.82) is 0 Å². The van der Waals surface area contributed by atoms with E-state index in [1.807, 2.05) is 19.1 Å². The van der Waals surface area contributed by atoms with Crippen LogP contribution >= 0.6 is 0 Å². The first-order chi connectivity index (χ1) is 8.69. The van der Waals surface area contributed by atoms with E-state index in [2.05, 4.69) is 10.1 Å². The molecule has 0 saturated heterocycles. The fraction of sp³-hybridized carbons (Fsp3) is 0.250. The molecule has 6 nitrogen and oxygen atoms in total. The Morgan fingerprint density at radius 1 is 1.44 bits per heavy atom. The number of hydrogen-bond acceptors (Lipinski definition) is 4. The minimum absolute atomic E-state index is 0.592. The molecule has 2 N–H and O–H groups in total. The number of ether oxygens (including phenoxy) is 1. The minimum Gasteiger partial charge on any atom is -0.478 e. The monoisotopic (exact) mass is 246 g/mol. The molecule has 0 aliphatic rings. The molecule has 0 aliphatic carbocycles. The second-order valence-corrected chi connectivity index (χ2v) is 3.70. The summed E-state index contributed by atoms with van der Waals surface area (Å²) in [5.74, 6) is 0.601. The van der Waals surface area contributed by atoms with Crippen LogP contribution < -0.4 is 10.5 Å². The van der Waals surface area contributed by atoms with Gasteiger partial charge in [-0.25, -0.2) is 9.78 Å². The van der Waals surface area contributed by atoms with E-state index in [9.17, 15) is 4.79 Å². The standard InChI is InChI=1S/C12H14N4O2/c1-2-18-11-4-3-9(8-14-11)7-10-5-6-16(15-10)12(13)17/h3-6,8H,2,7H2,1H3,(H2,13,17). The van der Waals surface area contributed by atoms with Gasteiger partial charge in [-0.15, -0.1) is 0 Å². The van der Waals surface area contributed by atoms with Gasteiger partial charge in [0.1, 0.15) is 0 Å². The van der Waals surface area contributed by atoms with Gasteiger partial charge in [-0.05, 0) is 18.6 Å². The van der Waals surface area contributed by atoms with Crippen molar-refractivity contribution in [2.24, 2.45) is 5.73 Å². The zero-order valence-corrected chi connectivity index (χ0v) is 10.0. The number of carbonyl (C=O) groups excluding carboxylic acids is 1. The summed E-state index contributed by atoms with van der Waals surface area (Å²) in [6.07, 6.45) is 3.87. The van der Waals surface area contributed by atoms with Crippen LogP contribution in [0.25, 0.3) is 0 Å². The molecule has 2 rings (SSSR count). The highest BCUT2D eigenvalue weighted by Crippen LogP contribution is 2.11. The van der Waals surface area contributed by atoms with Crippen LogP contribution in [0.4, 0.5) is 4.79 Å². The third-order valence-electron chi connectivity index (χ3n) is 2.35. The fourth-order valence-corrected chi connectivity index (χ4v) is 1.54. The summed E-state index contributed by atoms with van der Waals surface area (Å²) in [7, 11) is 0. The van der Waals surface area contributed by atoms with E-state index in [1.54, 1.807) is 18.5 Å². The maximum Gasteiger partial charge on any atom is 0.339 e. The lowest BCUT2D eigenvalue weighted by atomic mass is 10.2. The van der Waals surface area contributed by atoms with Crippen molar-refractivity contribution in [3.05, 3.63) is 41.9 Å². The van der Waals surface area contributed by atoms with Gasteiger partial charge in [-0.1, -0.05) is 6.07 Å². The van der Waals surface area contributed by atoms with Crippen LogP contribution in [0.1, 0.15) is 18.2 Å². The summed E-state index contributed by atoms with van der Waals surface area (Å²) in [6, 6.07) is 4.89. The number of hydrogen-bond donors (Lipinski definition) is 1. The first-order valence-corrected chi connectivity index (χ1v) is 5.61. The maximum atomic E-state index is 10.9. The van der Waals surface area contributed by atoms with E-state index < -0.39 is 6.03 Å². The molecule has 0 unspecified atom stereocenters. The van der Waals surface area contributed by atoms with Gasteiger partial charge in [0.15, 0.2) is 0 Å². The lowest BCUT2D eigenvalue weighted by Crippen LogP contribution is -2.20. The predicted molar refractivity (Wildman–Crippen MR) is 65.4 cm³/mol. The molecular formula is C12H14N4O2. The van der Waals surface area contributed by atoms with Crippen LogP contribution in [0.15, 0.2) is 30.6 Å². The van der Waals surface area contributed by atoms with Gasteiger partial charge in [0.25, 0.3) is 0 Å². The molecule has 0 spiro atoms. The SMILES string of the molecule is CCOc1ccc(Cc2ccn(C(N)=O)n2)cn1. The van der Waals surface area contributed by atoms with E-state index in [0.717, 1.165) is 15.9 Å². The summed E-state index contributed by atoms with van der Waals surface area (Å²) in [6.45, 7) is 2.50. The van der Waals surface area contributed by atoms with Crippen molar-refractivity contribution < 1.29 is 9.53 Å². The Balaban J connectivity index is 2.06. The van der Waals surface area contributed by atoms with Gasteiger partial charge in [0.2, 0.25) is 5.88 Å². The van der Waals surface area contributed by atoms with E-state index in [-0.39, 0.29) is 0 Å². The summed E-state index contributed by atoms with van der Waals surface area (Å²) in [5.41, 5.74) is 6.86. The van der Waals surface area contributed by atoms with Crippen molar-refractivity contribution in [3.8, 4) is 5.88 Å². The number of rotatable bonds is 4. The van der Waals surface area contributed by atoms with E-state index in [1.165, 1.54) is 0 Å². The van der Waals surface area contributed by atoms with Gasteiger partial charge in [0.05, 0.1) is 12.3 Å². The molecule has 18 heavy (non-hydrogen) atoms. The van der Waals surface area contributed by atoms with E-state index in [4.69, 9.17) is 10.5 Å². The zero-order chi connectivity index (χ0) is 13.0. The van der Waals surface area contributed by atoms with Gasteiger partial charge >= 0.3 is 6.03 Å². The quantitative estimate of drug-likeness (QED) is 0.878. The molecule has 0 fully saturated rings. The van der Waals surface area contributed by atoms with Crippen molar-refractivity contribution in [2.75, 3.05) is 6.61 Å². The van der Waals surface area contributed by atoms with E-state index >= 15 is 0 Å². The summed E-state index contributed by atoms with van der Waals surface area (Å²) < 4.78 is 6.36. The molecule has 0 aromatic carbocycles. The Kier molecular flexibility index (Phi) is 3.57. The lowest BCUT2D eigenvalue weighted by Gasteiger charge is -2.02. The normalized spacial score (nSPS) is 10.3. The molecule has 0 bridgehead atoms. The molecule has 2 heterocycles. The number of pyridine rings is 1. The van der Waals surface area contributed by atoms with Crippen LogP contribution in [-0.4, -0.2) is 27.4 Å². The van der Waals surface area contributed by atoms with Gasteiger partial charge in [0, 0.05) is 24.9 Å². The fourth-order valence-electron chi connectivity index (χ4n) is 1.54. The number of amides is 1. The van der Waals surface area contributed by atoms with Crippen molar-refractivity contribution in [2.45, 2.75) is 13.3 Å². The molecule has 0 saturated carbocycles. The smallest absolute Gasteiger partial charge is 0.339 e. The third kappa shape index (κ3) is 2.85. The van der Waals surface area contributed by atoms with Crippen LogP contribution in [0.3, 0.4) is 0 Å². The van der Waals surface area contributed by atoms with Crippen molar-refractivity contribution in [1.82, 2.24) is 14.8 Å². The molecule has 0 aliphatic heterocycles. The Labute approximate surface area is 104 Å². The topological polar surface area (TPSA) is 83.0 Å². The number of nitrogens with zero attached hydrogens (tertiary/aromatic N) is 3. The average Bonchev–Trinajstić information content (AvgIpc) is 2.81. The molecular weight excluding hydrogens is 232 g/mol. The second-order valence-electron chi connectivity index (χ2n) is 3.70. The summed E-state index contributed by atoms with van der Waals surface area (Å²) >= 11 is 0. The van der Waals surface area contributed by atoms with Crippen LogP contribution in [0.5, 0.6) is 5.88 Å². The molecule has 6 heteroatoms. The zero-order valence-electron chi connectivity index (χ0n) is 10.0. The van der Waals surface area contributed by atoms with Crippen molar-refractivity contribution in [3.63, 3.8) is 0 Å². The predicted octanol–water partition coefficient (Wildman–Crippen LogP) is 1.19. The second kappa shape index (κ2) is 5.31. The highest BCUT2D eigenvalue weighted by Gasteiger charge is 2.04. The van der Waals surface area contributed by atoms with E-state index in [0.29, 0.717) is 18.9 Å². The van der Waals surface area contributed by atoms with Gasteiger partial charge in [-0.3, -0.25) is 0 Å². The minimum atomic E-state index is -0.592. The number of aromatic nitrogens is 3. The molecule has 0 radical (unpaired) electrons. The summed E-state index contributed by atoms with van der Waals surface area (Å²) in [5, 5.41) is 4.05. The Morgan fingerprint density at radius 2 is 2.28 bits per heavy atom. The highest BCUT2D eigenvalue weighted by atomic mass is 16.5. The number of carbonyl (C=O) groups is 1. The first-order valence-electron chi connectivity index (χ1n) is 5.61. The number of primary amides is 1. The first kappa shape index (κ1) is 12.1. The molecule has 2 aromatic heterocycles. The lowest BCUT2D eigenvalue weighted by molar-refractivity contribution is 0.247.